The topological polar surface area (TPSA) is 76.6 Å². The van der Waals surface area contributed by atoms with E-state index in [2.05, 4.69) is 27.1 Å². The molecule has 1 aliphatic heterocycles. The van der Waals surface area contributed by atoms with Gasteiger partial charge in [0.05, 0.1) is 30.6 Å². The summed E-state index contributed by atoms with van der Waals surface area (Å²) in [4.78, 5) is 27.0. The Morgan fingerprint density at radius 2 is 2.05 bits per heavy atom. The van der Waals surface area contributed by atoms with Crippen molar-refractivity contribution in [1.29, 1.82) is 0 Å². The Kier molecular flexibility index (Phi) is 7.14. The molecule has 3 aromatic rings. The average Bonchev–Trinajstić information content (AvgIpc) is 3.53. The van der Waals surface area contributed by atoms with Gasteiger partial charge < -0.3 is 14.8 Å². The van der Waals surface area contributed by atoms with Crippen LogP contribution in [0.15, 0.2) is 36.8 Å². The maximum atomic E-state index is 13.3. The number of amides is 1. The highest BCUT2D eigenvalue weighted by Crippen LogP contribution is 2.47. The Bertz CT molecular complexity index is 1230. The number of rotatable bonds is 7. The van der Waals surface area contributed by atoms with Crippen LogP contribution in [-0.2, 0) is 22.5 Å². The molecule has 1 atom stereocenters. The largest absolute Gasteiger partial charge is 0.490 e. The monoisotopic (exact) mass is 520 g/mol. The van der Waals surface area contributed by atoms with E-state index in [4.69, 9.17) is 9.47 Å². The van der Waals surface area contributed by atoms with E-state index in [1.807, 2.05) is 24.4 Å². The number of aromatic nitrogens is 2. The fourth-order valence-electron chi connectivity index (χ4n) is 6.57. The number of carbonyl (C=O) groups is 1. The number of fused-ring (bicyclic) bond motifs is 3. The number of morpholine rings is 1. The third-order valence-electron chi connectivity index (χ3n) is 8.68. The third-order valence-corrected chi connectivity index (χ3v) is 9.85. The first-order chi connectivity index (χ1) is 18.2. The first kappa shape index (κ1) is 24.8. The Hall–Kier alpha value is -2.55. The van der Waals surface area contributed by atoms with Crippen LogP contribution in [-0.4, -0.2) is 58.7 Å². The van der Waals surface area contributed by atoms with Crippen molar-refractivity contribution in [3.8, 4) is 5.75 Å². The zero-order valence-corrected chi connectivity index (χ0v) is 22.4. The molecule has 7 nitrogen and oxygen atoms in total. The van der Waals surface area contributed by atoms with E-state index in [0.717, 1.165) is 91.9 Å². The SMILES string of the molecule is CC[C@]1(N2CCOCC2)CC[C@H](Oc2ccnc3sc4c(c23)[C@@H](C(=O)NCc2cccnc2)CC4)CC1. The summed E-state index contributed by atoms with van der Waals surface area (Å²) in [5.74, 6) is 0.815. The van der Waals surface area contributed by atoms with Crippen LogP contribution in [0.4, 0.5) is 0 Å². The van der Waals surface area contributed by atoms with Crippen LogP contribution < -0.4 is 10.1 Å². The molecule has 2 aliphatic carbocycles. The Labute approximate surface area is 222 Å². The molecular weight excluding hydrogens is 484 g/mol. The highest BCUT2D eigenvalue weighted by Gasteiger charge is 2.40. The number of nitrogens with one attached hydrogen (secondary N) is 1. The quantitative estimate of drug-likeness (QED) is 0.481. The van der Waals surface area contributed by atoms with Crippen LogP contribution in [0.2, 0.25) is 0 Å². The predicted molar refractivity (Wildman–Crippen MR) is 145 cm³/mol. The van der Waals surface area contributed by atoms with Gasteiger partial charge >= 0.3 is 0 Å². The number of nitrogens with zero attached hydrogens (tertiary/aromatic N) is 3. The standard InChI is InChI=1S/C29H36N4O3S/c1-2-29(33-14-16-35-17-15-33)10-7-21(8-11-29)36-23-9-13-31-28-26(23)25-22(5-6-24(25)37-28)27(34)32-19-20-4-3-12-30-18-20/h3-4,9,12-13,18,21-22H,2,5-8,10-11,14-17,19H2,1H3,(H,32,34)/t21-,22-,29-/m0/s1. The molecule has 1 N–H and O–H groups in total. The van der Waals surface area contributed by atoms with Crippen molar-refractivity contribution in [3.05, 3.63) is 52.8 Å². The number of ether oxygens (including phenoxy) is 2. The molecule has 1 saturated heterocycles. The van der Waals surface area contributed by atoms with Gasteiger partial charge in [-0.05, 0) is 68.2 Å². The van der Waals surface area contributed by atoms with Crippen LogP contribution in [0.25, 0.3) is 10.2 Å². The molecule has 2 fully saturated rings. The van der Waals surface area contributed by atoms with E-state index in [9.17, 15) is 4.79 Å². The molecule has 0 unspecified atom stereocenters. The van der Waals surface area contributed by atoms with E-state index < -0.39 is 0 Å². The number of hydrogen-bond donors (Lipinski definition) is 1. The molecule has 6 rings (SSSR count). The van der Waals surface area contributed by atoms with E-state index in [0.29, 0.717) is 6.54 Å². The van der Waals surface area contributed by atoms with Gasteiger partial charge in [0.25, 0.3) is 0 Å². The number of thiophene rings is 1. The molecule has 37 heavy (non-hydrogen) atoms. The van der Waals surface area contributed by atoms with Gasteiger partial charge in [0.15, 0.2) is 0 Å². The Morgan fingerprint density at radius 3 is 2.81 bits per heavy atom. The molecule has 4 heterocycles. The van der Waals surface area contributed by atoms with Crippen molar-refractivity contribution < 1.29 is 14.3 Å². The summed E-state index contributed by atoms with van der Waals surface area (Å²) in [7, 11) is 0. The Morgan fingerprint density at radius 1 is 1.22 bits per heavy atom. The van der Waals surface area contributed by atoms with E-state index in [1.165, 1.54) is 11.3 Å². The summed E-state index contributed by atoms with van der Waals surface area (Å²) in [6.07, 6.45) is 12.9. The second kappa shape index (κ2) is 10.7. The minimum absolute atomic E-state index is 0.0769. The molecule has 0 spiro atoms. The first-order valence-corrected chi connectivity index (χ1v) is 14.5. The van der Waals surface area contributed by atoms with E-state index in [1.54, 1.807) is 23.7 Å². The second-order valence-electron chi connectivity index (χ2n) is 10.6. The fraction of sp³-hybridized carbons (Fsp3) is 0.552. The molecule has 8 heteroatoms. The summed E-state index contributed by atoms with van der Waals surface area (Å²) in [6, 6.07) is 5.88. The molecular formula is C29H36N4O3S. The smallest absolute Gasteiger partial charge is 0.227 e. The average molecular weight is 521 g/mol. The van der Waals surface area contributed by atoms with Gasteiger partial charge in [-0.15, -0.1) is 11.3 Å². The predicted octanol–water partition coefficient (Wildman–Crippen LogP) is 4.84. The lowest BCUT2D eigenvalue weighted by atomic mass is 9.77. The molecule has 0 bridgehead atoms. The number of pyridine rings is 2. The number of carbonyl (C=O) groups excluding carboxylic acids is 1. The van der Waals surface area contributed by atoms with Crippen LogP contribution in [0, 0.1) is 0 Å². The summed E-state index contributed by atoms with van der Waals surface area (Å²) in [6.45, 7) is 6.59. The van der Waals surface area contributed by atoms with Crippen LogP contribution in [0.5, 0.6) is 5.75 Å². The summed E-state index contributed by atoms with van der Waals surface area (Å²) in [5.41, 5.74) is 2.42. The van der Waals surface area contributed by atoms with Gasteiger partial charge in [-0.2, -0.15) is 0 Å². The lowest BCUT2D eigenvalue weighted by Gasteiger charge is -2.49. The van der Waals surface area contributed by atoms with Gasteiger partial charge in [0, 0.05) is 48.6 Å². The zero-order chi connectivity index (χ0) is 25.2. The molecule has 1 amide bonds. The maximum absolute atomic E-state index is 13.3. The highest BCUT2D eigenvalue weighted by atomic mass is 32.1. The lowest BCUT2D eigenvalue weighted by molar-refractivity contribution is -0.122. The lowest BCUT2D eigenvalue weighted by Crippen LogP contribution is -2.55. The Balaban J connectivity index is 1.18. The van der Waals surface area contributed by atoms with E-state index in [-0.39, 0.29) is 23.5 Å². The summed E-state index contributed by atoms with van der Waals surface area (Å²) >= 11 is 1.72. The van der Waals surface area contributed by atoms with Crippen LogP contribution >= 0.6 is 11.3 Å². The fourth-order valence-corrected chi connectivity index (χ4v) is 7.80. The van der Waals surface area contributed by atoms with Crippen LogP contribution in [0.3, 0.4) is 0 Å². The highest BCUT2D eigenvalue weighted by molar-refractivity contribution is 7.19. The van der Waals surface area contributed by atoms with Crippen molar-refractivity contribution in [1.82, 2.24) is 20.2 Å². The molecule has 0 radical (unpaired) electrons. The van der Waals surface area contributed by atoms with Crippen LogP contribution in [0.1, 0.15) is 67.4 Å². The van der Waals surface area contributed by atoms with Crippen molar-refractivity contribution >= 4 is 27.5 Å². The first-order valence-electron chi connectivity index (χ1n) is 13.7. The molecule has 3 aromatic heterocycles. The minimum atomic E-state index is -0.160. The number of hydrogen-bond acceptors (Lipinski definition) is 7. The third kappa shape index (κ3) is 4.87. The van der Waals surface area contributed by atoms with Gasteiger partial charge in [0.2, 0.25) is 5.91 Å². The van der Waals surface area contributed by atoms with Gasteiger partial charge in [-0.25, -0.2) is 4.98 Å². The molecule has 1 saturated carbocycles. The van der Waals surface area contributed by atoms with E-state index >= 15 is 0 Å². The van der Waals surface area contributed by atoms with Crippen molar-refractivity contribution in [2.45, 2.75) is 76.0 Å². The summed E-state index contributed by atoms with van der Waals surface area (Å²) in [5, 5.41) is 4.19. The normalized spacial score (nSPS) is 26.2. The van der Waals surface area contributed by atoms with Gasteiger partial charge in [-0.3, -0.25) is 14.7 Å². The molecule has 196 valence electrons. The van der Waals surface area contributed by atoms with Crippen molar-refractivity contribution in [2.75, 3.05) is 26.3 Å². The van der Waals surface area contributed by atoms with Crippen molar-refractivity contribution in [3.63, 3.8) is 0 Å². The van der Waals surface area contributed by atoms with Gasteiger partial charge in [0.1, 0.15) is 10.6 Å². The maximum Gasteiger partial charge on any atom is 0.227 e. The molecule has 0 aromatic carbocycles. The van der Waals surface area contributed by atoms with Gasteiger partial charge in [-0.1, -0.05) is 13.0 Å². The summed E-state index contributed by atoms with van der Waals surface area (Å²) < 4.78 is 12.3. The zero-order valence-electron chi connectivity index (χ0n) is 21.6. The minimum Gasteiger partial charge on any atom is -0.490 e. The second-order valence-corrected chi connectivity index (χ2v) is 11.7. The number of aryl methyl sites for hydroxylation is 1. The van der Waals surface area contributed by atoms with Crippen molar-refractivity contribution in [2.24, 2.45) is 0 Å². The molecule has 3 aliphatic rings.